The van der Waals surface area contributed by atoms with Crippen molar-refractivity contribution >= 4 is 12.2 Å². The molecule has 3 rings (SSSR count). The first-order valence-corrected chi connectivity index (χ1v) is 9.64. The maximum Gasteiger partial charge on any atom is 0.230 e. The number of likely N-dealkylation sites (tertiary alicyclic amines) is 1. The number of rotatable bonds is 2. The highest BCUT2D eigenvalue weighted by Gasteiger charge is 2.38. The average molecular weight is 365 g/mol. The van der Waals surface area contributed by atoms with Crippen molar-refractivity contribution in [3.05, 3.63) is 17.5 Å². The van der Waals surface area contributed by atoms with Crippen molar-refractivity contribution in [3.63, 3.8) is 0 Å². The van der Waals surface area contributed by atoms with Gasteiger partial charge in [0.2, 0.25) is 5.91 Å². The summed E-state index contributed by atoms with van der Waals surface area (Å²) in [5.41, 5.74) is 0.995. The van der Waals surface area contributed by atoms with Gasteiger partial charge in [0.25, 0.3) is 0 Å². The molecule has 0 unspecified atom stereocenters. The van der Waals surface area contributed by atoms with Crippen molar-refractivity contribution in [3.8, 4) is 0 Å². The molecule has 3 heterocycles. The van der Waals surface area contributed by atoms with Gasteiger partial charge in [0.15, 0.2) is 0 Å². The predicted octanol–water partition coefficient (Wildman–Crippen LogP) is 3.74. The van der Waals surface area contributed by atoms with E-state index >= 15 is 0 Å². The number of amides is 1. The highest BCUT2D eigenvalue weighted by molar-refractivity contribution is 5.78. The van der Waals surface area contributed by atoms with Crippen LogP contribution in [0.1, 0.15) is 72.3 Å². The van der Waals surface area contributed by atoms with Crippen LogP contribution in [0.2, 0.25) is 0 Å². The molecule has 2 aliphatic rings. The number of aliphatic imine (C=N–C) groups is 1. The molecule has 0 atom stereocenters. The van der Waals surface area contributed by atoms with Gasteiger partial charge in [-0.1, -0.05) is 25.4 Å². The fourth-order valence-corrected chi connectivity index (χ4v) is 2.42. The molecule has 1 saturated heterocycles. The van der Waals surface area contributed by atoms with Crippen LogP contribution in [0, 0.1) is 6.92 Å². The first-order valence-electron chi connectivity index (χ1n) is 9.64. The lowest BCUT2D eigenvalue weighted by molar-refractivity contribution is -0.129. The van der Waals surface area contributed by atoms with E-state index in [9.17, 15) is 4.79 Å². The Morgan fingerprint density at radius 3 is 2.15 bits per heavy atom. The Morgan fingerprint density at radius 2 is 1.81 bits per heavy atom. The Labute approximate surface area is 158 Å². The molecule has 0 radical (unpaired) electrons. The van der Waals surface area contributed by atoms with Crippen LogP contribution in [-0.2, 0) is 11.2 Å². The lowest BCUT2D eigenvalue weighted by Crippen LogP contribution is -2.48. The maximum absolute atomic E-state index is 11.7. The largest absolute Gasteiger partial charge is 0.369 e. The Balaban J connectivity index is 0.000000243. The lowest BCUT2D eigenvalue weighted by atomic mass is 9.85. The van der Waals surface area contributed by atoms with Crippen molar-refractivity contribution in [2.75, 3.05) is 13.1 Å². The topological polar surface area (TPSA) is 70.7 Å². The predicted molar refractivity (Wildman–Crippen MR) is 107 cm³/mol. The van der Waals surface area contributed by atoms with E-state index in [1.54, 1.807) is 6.34 Å². The minimum Gasteiger partial charge on any atom is -0.369 e. The summed E-state index contributed by atoms with van der Waals surface area (Å²) in [4.78, 5) is 17.8. The molecule has 0 spiro atoms. The quantitative estimate of drug-likeness (QED) is 0.868. The molecular formula is C20H36N4O2. The summed E-state index contributed by atoms with van der Waals surface area (Å²) in [6.07, 6.45) is 5.64. The molecular weight excluding hydrogens is 328 g/mol. The molecule has 148 valence electrons. The number of hydrogen-bond donors (Lipinski definition) is 1. The highest BCUT2D eigenvalue weighted by Crippen LogP contribution is 2.27. The summed E-state index contributed by atoms with van der Waals surface area (Å²) in [5, 5.41) is 6.94. The van der Waals surface area contributed by atoms with Gasteiger partial charge in [0, 0.05) is 19.2 Å². The van der Waals surface area contributed by atoms with E-state index in [0.717, 1.165) is 31.6 Å². The molecule has 0 aromatic carbocycles. The van der Waals surface area contributed by atoms with Crippen molar-refractivity contribution in [2.24, 2.45) is 4.99 Å². The second-order valence-electron chi connectivity index (χ2n) is 7.99. The van der Waals surface area contributed by atoms with Crippen LogP contribution in [0.15, 0.2) is 15.6 Å². The zero-order chi connectivity index (χ0) is 19.8. The molecule has 2 aliphatic heterocycles. The van der Waals surface area contributed by atoms with E-state index < -0.39 is 0 Å². The monoisotopic (exact) mass is 364 g/mol. The Bertz CT molecular complexity index is 584. The van der Waals surface area contributed by atoms with Gasteiger partial charge in [-0.15, -0.1) is 0 Å². The summed E-state index contributed by atoms with van der Waals surface area (Å²) in [5.74, 6) is 0.818. The Hall–Kier alpha value is -1.85. The molecule has 0 aliphatic carbocycles. The van der Waals surface area contributed by atoms with E-state index in [0.29, 0.717) is 12.2 Å². The van der Waals surface area contributed by atoms with Gasteiger partial charge in [0.05, 0.1) is 29.5 Å². The minimum absolute atomic E-state index is 0.0486. The van der Waals surface area contributed by atoms with Gasteiger partial charge in [-0.05, 0) is 47.5 Å². The summed E-state index contributed by atoms with van der Waals surface area (Å²) in [6, 6.07) is 1.81. The summed E-state index contributed by atoms with van der Waals surface area (Å²) in [6.45, 7) is 16.5. The Kier molecular flexibility index (Phi) is 8.31. The van der Waals surface area contributed by atoms with Crippen LogP contribution < -0.4 is 5.32 Å². The number of hydrogen-bond acceptors (Lipinski definition) is 5. The van der Waals surface area contributed by atoms with Crippen molar-refractivity contribution in [2.45, 2.75) is 85.2 Å². The second-order valence-corrected chi connectivity index (χ2v) is 7.99. The van der Waals surface area contributed by atoms with Gasteiger partial charge in [-0.2, -0.15) is 0 Å². The third kappa shape index (κ3) is 6.46. The third-order valence-electron chi connectivity index (χ3n) is 4.80. The molecule has 0 saturated carbocycles. The van der Waals surface area contributed by atoms with Gasteiger partial charge < -0.3 is 14.7 Å². The third-order valence-corrected chi connectivity index (χ3v) is 4.80. The summed E-state index contributed by atoms with van der Waals surface area (Å²) in [7, 11) is 0. The number of nitrogens with one attached hydrogen (secondary N) is 1. The van der Waals surface area contributed by atoms with Gasteiger partial charge >= 0.3 is 0 Å². The molecule has 1 amide bonds. The second kappa shape index (κ2) is 9.74. The number of carbonyl (C=O) groups is 1. The van der Waals surface area contributed by atoms with Crippen LogP contribution in [0.5, 0.6) is 0 Å². The standard InChI is InChI=1S/C10H14N2O2.C7H14N2.C3H8/c1-8-6-9(14-11-8)7-10(13)12-4-2-3-5-12;1-6(2)7(3,4)9-5-8-6;1-3-2/h6H,2-5,7H2,1H3;5H,1-4H3,(H,8,9);3H2,1-2H3. The van der Waals surface area contributed by atoms with E-state index in [2.05, 4.69) is 57.0 Å². The normalized spacial score (nSPS) is 19.1. The highest BCUT2D eigenvalue weighted by atomic mass is 16.5. The molecule has 1 fully saturated rings. The van der Waals surface area contributed by atoms with Crippen molar-refractivity contribution in [1.29, 1.82) is 0 Å². The molecule has 6 heteroatoms. The zero-order valence-electron chi connectivity index (χ0n) is 17.6. The zero-order valence-corrected chi connectivity index (χ0v) is 17.6. The fourth-order valence-electron chi connectivity index (χ4n) is 2.42. The van der Waals surface area contributed by atoms with Crippen molar-refractivity contribution < 1.29 is 9.32 Å². The van der Waals surface area contributed by atoms with E-state index in [1.807, 2.05) is 17.9 Å². The Morgan fingerprint density at radius 1 is 1.23 bits per heavy atom. The van der Waals surface area contributed by atoms with Crippen LogP contribution >= 0.6 is 0 Å². The smallest absolute Gasteiger partial charge is 0.230 e. The van der Waals surface area contributed by atoms with Crippen LogP contribution in [0.4, 0.5) is 0 Å². The van der Waals surface area contributed by atoms with E-state index in [1.165, 1.54) is 6.42 Å². The summed E-state index contributed by atoms with van der Waals surface area (Å²) >= 11 is 0. The number of carbonyl (C=O) groups excluding carboxylic acids is 1. The average Bonchev–Trinajstić information content (AvgIpc) is 3.24. The molecule has 1 N–H and O–H groups in total. The minimum atomic E-state index is 0.0486. The fraction of sp³-hybridized carbons (Fsp3) is 0.750. The van der Waals surface area contributed by atoms with Gasteiger partial charge in [-0.3, -0.25) is 9.79 Å². The van der Waals surface area contributed by atoms with Crippen LogP contribution in [-0.4, -0.2) is 46.5 Å². The SMILES string of the molecule is CC1(C)N=CNC1(C)C.CCC.Cc1cc(CC(=O)N2CCCC2)on1. The molecule has 1 aromatic heterocycles. The van der Waals surface area contributed by atoms with E-state index in [-0.39, 0.29) is 17.0 Å². The van der Waals surface area contributed by atoms with Crippen molar-refractivity contribution in [1.82, 2.24) is 15.4 Å². The maximum atomic E-state index is 11.7. The first-order chi connectivity index (χ1) is 12.1. The van der Waals surface area contributed by atoms with E-state index in [4.69, 9.17) is 4.52 Å². The summed E-state index contributed by atoms with van der Waals surface area (Å²) < 4.78 is 5.00. The molecule has 6 nitrogen and oxygen atoms in total. The molecule has 0 bridgehead atoms. The molecule has 1 aromatic rings. The number of nitrogens with zero attached hydrogens (tertiary/aromatic N) is 3. The van der Waals surface area contributed by atoms with Gasteiger partial charge in [0.1, 0.15) is 5.76 Å². The number of aromatic nitrogens is 1. The number of aryl methyl sites for hydroxylation is 1. The first kappa shape index (κ1) is 22.2. The van der Waals surface area contributed by atoms with Crippen LogP contribution in [0.3, 0.4) is 0 Å². The van der Waals surface area contributed by atoms with Gasteiger partial charge in [-0.25, -0.2) is 0 Å². The van der Waals surface area contributed by atoms with Crippen LogP contribution in [0.25, 0.3) is 0 Å². The lowest BCUT2D eigenvalue weighted by Gasteiger charge is -2.32. The molecule has 26 heavy (non-hydrogen) atoms.